The minimum Gasteiger partial charge on any atom is -0.458 e. The van der Waals surface area contributed by atoms with Crippen LogP contribution in [0, 0.1) is 12.7 Å². The lowest BCUT2D eigenvalue weighted by Crippen LogP contribution is -1.91. The fourth-order valence-electron chi connectivity index (χ4n) is 1.77. The van der Waals surface area contributed by atoms with E-state index in [1.807, 2.05) is 19.9 Å². The van der Waals surface area contributed by atoms with Crippen LogP contribution in [-0.4, -0.2) is 5.11 Å². The Morgan fingerprint density at radius 1 is 1.29 bits per heavy atom. The predicted molar refractivity (Wildman–Crippen MR) is 64.1 cm³/mol. The van der Waals surface area contributed by atoms with E-state index in [-0.39, 0.29) is 5.82 Å². The van der Waals surface area contributed by atoms with Gasteiger partial charge >= 0.3 is 0 Å². The average Bonchev–Trinajstić information content (AvgIpc) is 2.76. The third-order valence-electron chi connectivity index (χ3n) is 2.67. The van der Waals surface area contributed by atoms with Gasteiger partial charge < -0.3 is 9.52 Å². The molecule has 1 unspecified atom stereocenters. The number of benzene rings is 1. The number of furan rings is 1. The summed E-state index contributed by atoms with van der Waals surface area (Å²) < 4.78 is 18.8. The molecule has 17 heavy (non-hydrogen) atoms. The highest BCUT2D eigenvalue weighted by molar-refractivity contribution is 5.58. The summed E-state index contributed by atoms with van der Waals surface area (Å²) in [6.07, 6.45) is -0.00631. The van der Waals surface area contributed by atoms with Gasteiger partial charge in [0.25, 0.3) is 0 Å². The predicted octanol–water partition coefficient (Wildman–Crippen LogP) is 3.84. The van der Waals surface area contributed by atoms with E-state index in [1.54, 1.807) is 12.1 Å². The largest absolute Gasteiger partial charge is 0.458 e. The summed E-state index contributed by atoms with van der Waals surface area (Å²) in [7, 11) is 0. The van der Waals surface area contributed by atoms with Crippen LogP contribution in [0.5, 0.6) is 0 Å². The number of hydrogen-bond acceptors (Lipinski definition) is 2. The number of hydrogen-bond donors (Lipinski definition) is 1. The molecule has 1 aromatic carbocycles. The number of rotatable bonds is 3. The van der Waals surface area contributed by atoms with Crippen molar-refractivity contribution < 1.29 is 13.9 Å². The molecular formula is C14H15FO2. The lowest BCUT2D eigenvalue weighted by Gasteiger charge is -2.03. The van der Waals surface area contributed by atoms with E-state index in [2.05, 4.69) is 0 Å². The van der Waals surface area contributed by atoms with Gasteiger partial charge in [-0.15, -0.1) is 0 Å². The highest BCUT2D eigenvalue weighted by Crippen LogP contribution is 2.27. The second kappa shape index (κ2) is 4.72. The van der Waals surface area contributed by atoms with Crippen molar-refractivity contribution in [3.63, 3.8) is 0 Å². The maximum absolute atomic E-state index is 13.3. The second-order valence-electron chi connectivity index (χ2n) is 4.14. The number of halogens is 1. The maximum atomic E-state index is 13.3. The summed E-state index contributed by atoms with van der Waals surface area (Å²) in [5.74, 6) is 0.813. The van der Waals surface area contributed by atoms with Crippen LogP contribution in [0.25, 0.3) is 11.3 Å². The number of aliphatic hydroxyl groups excluding tert-OH is 1. The van der Waals surface area contributed by atoms with Crippen LogP contribution in [0.2, 0.25) is 0 Å². The van der Waals surface area contributed by atoms with Crippen molar-refractivity contribution in [3.8, 4) is 11.3 Å². The minimum atomic E-state index is -0.599. The molecule has 1 aromatic heterocycles. The van der Waals surface area contributed by atoms with E-state index < -0.39 is 6.10 Å². The summed E-state index contributed by atoms with van der Waals surface area (Å²) in [6.45, 7) is 3.70. The van der Waals surface area contributed by atoms with E-state index in [1.165, 1.54) is 12.1 Å². The molecule has 1 heterocycles. The van der Waals surface area contributed by atoms with Crippen molar-refractivity contribution in [2.75, 3.05) is 0 Å². The van der Waals surface area contributed by atoms with E-state index in [4.69, 9.17) is 4.42 Å². The zero-order chi connectivity index (χ0) is 12.4. The van der Waals surface area contributed by atoms with Gasteiger partial charge in [0.2, 0.25) is 0 Å². The first-order valence-electron chi connectivity index (χ1n) is 5.65. The van der Waals surface area contributed by atoms with Crippen molar-refractivity contribution >= 4 is 0 Å². The highest BCUT2D eigenvalue weighted by atomic mass is 19.1. The van der Waals surface area contributed by atoms with Gasteiger partial charge in [0.1, 0.15) is 23.4 Å². The van der Waals surface area contributed by atoms with Gasteiger partial charge in [0.15, 0.2) is 0 Å². The fourth-order valence-corrected chi connectivity index (χ4v) is 1.77. The van der Waals surface area contributed by atoms with Crippen LogP contribution in [0.3, 0.4) is 0 Å². The molecule has 0 saturated carbocycles. The molecule has 90 valence electrons. The van der Waals surface area contributed by atoms with Gasteiger partial charge in [-0.05, 0) is 49.2 Å². The Morgan fingerprint density at radius 2 is 2.06 bits per heavy atom. The summed E-state index contributed by atoms with van der Waals surface area (Å²) in [5.41, 5.74) is 1.53. The Labute approximate surface area is 99.7 Å². The molecule has 1 atom stereocenters. The first-order valence-corrected chi connectivity index (χ1v) is 5.65. The van der Waals surface area contributed by atoms with Crippen molar-refractivity contribution in [2.45, 2.75) is 26.4 Å². The molecule has 0 radical (unpaired) electrons. The third-order valence-corrected chi connectivity index (χ3v) is 2.67. The molecule has 0 fully saturated rings. The molecule has 0 aliphatic heterocycles. The number of aryl methyl sites for hydroxylation is 1. The van der Waals surface area contributed by atoms with Crippen LogP contribution >= 0.6 is 0 Å². The Balaban J connectivity index is 2.36. The van der Waals surface area contributed by atoms with E-state index >= 15 is 0 Å². The monoisotopic (exact) mass is 234 g/mol. The first-order chi connectivity index (χ1) is 8.10. The molecule has 0 saturated heterocycles. The number of aliphatic hydroxyl groups is 1. The van der Waals surface area contributed by atoms with Crippen LogP contribution in [-0.2, 0) is 0 Å². The lowest BCUT2D eigenvalue weighted by molar-refractivity contribution is 0.147. The molecule has 0 aliphatic rings. The van der Waals surface area contributed by atoms with Crippen LogP contribution in [0.1, 0.15) is 30.8 Å². The van der Waals surface area contributed by atoms with E-state index in [0.29, 0.717) is 23.5 Å². The fraction of sp³-hybridized carbons (Fsp3) is 0.286. The molecule has 0 aliphatic carbocycles. The molecule has 0 bridgehead atoms. The topological polar surface area (TPSA) is 33.4 Å². The summed E-state index contributed by atoms with van der Waals surface area (Å²) in [6, 6.07) is 8.22. The lowest BCUT2D eigenvalue weighted by atomic mass is 10.1. The zero-order valence-corrected chi connectivity index (χ0v) is 9.90. The Kier molecular flexibility index (Phi) is 3.29. The van der Waals surface area contributed by atoms with E-state index in [0.717, 1.165) is 5.56 Å². The molecular weight excluding hydrogens is 219 g/mol. The highest BCUT2D eigenvalue weighted by Gasteiger charge is 2.11. The Bertz CT molecular complexity index is 496. The summed E-state index contributed by atoms with van der Waals surface area (Å²) in [4.78, 5) is 0. The minimum absolute atomic E-state index is 0.283. The van der Waals surface area contributed by atoms with Crippen molar-refractivity contribution in [1.82, 2.24) is 0 Å². The van der Waals surface area contributed by atoms with Crippen LogP contribution in [0.4, 0.5) is 4.39 Å². The van der Waals surface area contributed by atoms with Gasteiger partial charge in [0.05, 0.1) is 0 Å². The van der Waals surface area contributed by atoms with E-state index in [9.17, 15) is 9.50 Å². The van der Waals surface area contributed by atoms with Gasteiger partial charge in [-0.25, -0.2) is 4.39 Å². The third kappa shape index (κ3) is 2.56. The van der Waals surface area contributed by atoms with Gasteiger partial charge in [-0.2, -0.15) is 0 Å². The normalized spacial score (nSPS) is 12.7. The quantitative estimate of drug-likeness (QED) is 0.875. The average molecular weight is 234 g/mol. The van der Waals surface area contributed by atoms with Gasteiger partial charge in [0, 0.05) is 5.56 Å². The molecule has 0 spiro atoms. The van der Waals surface area contributed by atoms with Crippen LogP contribution in [0.15, 0.2) is 34.7 Å². The maximum Gasteiger partial charge on any atom is 0.134 e. The van der Waals surface area contributed by atoms with Crippen molar-refractivity contribution in [2.24, 2.45) is 0 Å². The van der Waals surface area contributed by atoms with Gasteiger partial charge in [-0.3, -0.25) is 0 Å². The smallest absolute Gasteiger partial charge is 0.134 e. The van der Waals surface area contributed by atoms with Crippen LogP contribution < -0.4 is 0 Å². The summed E-state index contributed by atoms with van der Waals surface area (Å²) in [5, 5.41) is 9.63. The molecule has 2 nitrogen and oxygen atoms in total. The van der Waals surface area contributed by atoms with Crippen molar-refractivity contribution in [1.29, 1.82) is 0 Å². The SMILES string of the molecule is CCC(O)c1ccc(-c2cc(C)cc(F)c2)o1. The molecule has 2 aromatic rings. The molecule has 0 amide bonds. The standard InChI is InChI=1S/C14H15FO2/c1-3-12(16)14-5-4-13(17-14)10-6-9(2)7-11(15)8-10/h4-8,12,16H,3H2,1-2H3. The zero-order valence-electron chi connectivity index (χ0n) is 9.90. The molecule has 3 heteroatoms. The summed E-state index contributed by atoms with van der Waals surface area (Å²) >= 11 is 0. The second-order valence-corrected chi connectivity index (χ2v) is 4.14. The Morgan fingerprint density at radius 3 is 2.71 bits per heavy atom. The first kappa shape index (κ1) is 11.9. The van der Waals surface area contributed by atoms with Gasteiger partial charge in [-0.1, -0.05) is 6.92 Å². The molecule has 2 rings (SSSR count). The Hall–Kier alpha value is -1.61. The molecule has 1 N–H and O–H groups in total. The van der Waals surface area contributed by atoms with Crippen molar-refractivity contribution in [3.05, 3.63) is 47.5 Å².